The zero-order valence-corrected chi connectivity index (χ0v) is 15.5. The van der Waals surface area contributed by atoms with Crippen molar-refractivity contribution < 1.29 is 14.7 Å². The molecule has 2 heterocycles. The van der Waals surface area contributed by atoms with Crippen LogP contribution >= 0.6 is 0 Å². The van der Waals surface area contributed by atoms with E-state index in [1.54, 1.807) is 0 Å². The van der Waals surface area contributed by atoms with Crippen molar-refractivity contribution in [2.45, 2.75) is 50.7 Å². The van der Waals surface area contributed by atoms with E-state index in [0.29, 0.717) is 6.42 Å². The molecule has 3 atom stereocenters. The lowest BCUT2D eigenvalue weighted by Crippen LogP contribution is -2.47. The molecule has 1 aliphatic heterocycles. The maximum atomic E-state index is 13.2. The summed E-state index contributed by atoms with van der Waals surface area (Å²) in [6.45, 7) is 0.259. The average Bonchev–Trinajstić information content (AvgIpc) is 3.10. The van der Waals surface area contributed by atoms with Gasteiger partial charge in [-0.3, -0.25) is 9.59 Å². The molecule has 4 rings (SSSR count). The number of carboxylic acids is 1. The van der Waals surface area contributed by atoms with Crippen molar-refractivity contribution in [1.82, 2.24) is 14.7 Å². The van der Waals surface area contributed by atoms with Crippen molar-refractivity contribution >= 4 is 11.9 Å². The summed E-state index contributed by atoms with van der Waals surface area (Å²) in [5.74, 6) is -1.14. The minimum absolute atomic E-state index is 0.0568. The van der Waals surface area contributed by atoms with E-state index in [1.165, 1.54) is 21.7 Å². The Bertz CT molecular complexity index is 940. The molecular formula is C21H23N3O4. The minimum Gasteiger partial charge on any atom is -0.480 e. The van der Waals surface area contributed by atoms with E-state index in [9.17, 15) is 19.5 Å². The standard InChI is InChI=1S/C21H23N3O4/c25-19-11-10-16(22-23(19)13-14-6-2-1-3-7-14)20(26)24-17-9-5-4-8-15(17)12-18(24)21(27)28/h1-3,6-7,10-11,15,17-18H,4-5,8-9,12-13H2,(H,27,28)/t15-,17+,18-/m0/s1. The van der Waals surface area contributed by atoms with Gasteiger partial charge in [-0.15, -0.1) is 0 Å². The van der Waals surface area contributed by atoms with Gasteiger partial charge in [0.2, 0.25) is 0 Å². The molecule has 146 valence electrons. The van der Waals surface area contributed by atoms with Gasteiger partial charge in [0, 0.05) is 12.1 Å². The van der Waals surface area contributed by atoms with Gasteiger partial charge in [-0.25, -0.2) is 9.48 Å². The molecule has 1 aromatic heterocycles. The van der Waals surface area contributed by atoms with Crippen molar-refractivity contribution in [1.29, 1.82) is 0 Å². The third-order valence-electron chi connectivity index (χ3n) is 5.87. The van der Waals surface area contributed by atoms with E-state index in [2.05, 4.69) is 5.10 Å². The third kappa shape index (κ3) is 3.44. The molecule has 1 aliphatic carbocycles. The Hall–Kier alpha value is -2.96. The first-order valence-corrected chi connectivity index (χ1v) is 9.72. The molecule has 28 heavy (non-hydrogen) atoms. The van der Waals surface area contributed by atoms with Gasteiger partial charge in [0.05, 0.1) is 6.54 Å². The topological polar surface area (TPSA) is 92.5 Å². The van der Waals surface area contributed by atoms with E-state index in [0.717, 1.165) is 31.2 Å². The first kappa shape index (κ1) is 18.4. The van der Waals surface area contributed by atoms with E-state index >= 15 is 0 Å². The summed E-state index contributed by atoms with van der Waals surface area (Å²) in [5.41, 5.74) is 0.721. The summed E-state index contributed by atoms with van der Waals surface area (Å²) in [4.78, 5) is 38.7. The SMILES string of the molecule is O=C(O)[C@@H]1C[C@@H]2CCCC[C@H]2N1C(=O)c1ccc(=O)n(Cc2ccccc2)n1. The molecule has 1 saturated carbocycles. The predicted molar refractivity (Wildman–Crippen MR) is 102 cm³/mol. The fraction of sp³-hybridized carbons (Fsp3) is 0.429. The Morgan fingerprint density at radius 2 is 1.82 bits per heavy atom. The smallest absolute Gasteiger partial charge is 0.326 e. The fourth-order valence-electron chi connectivity index (χ4n) is 4.54. The van der Waals surface area contributed by atoms with E-state index in [-0.39, 0.29) is 29.8 Å². The zero-order chi connectivity index (χ0) is 19.7. The van der Waals surface area contributed by atoms with Crippen LogP contribution in [0.25, 0.3) is 0 Å². The van der Waals surface area contributed by atoms with Crippen LogP contribution in [0.5, 0.6) is 0 Å². The lowest BCUT2D eigenvalue weighted by Gasteiger charge is -2.32. The first-order chi connectivity index (χ1) is 13.5. The number of carboxylic acid groups (broad SMARTS) is 1. The number of rotatable bonds is 4. The Balaban J connectivity index is 1.64. The Morgan fingerprint density at radius 3 is 2.57 bits per heavy atom. The van der Waals surface area contributed by atoms with Crippen LogP contribution in [0.3, 0.4) is 0 Å². The normalized spacial score (nSPS) is 24.0. The lowest BCUT2D eigenvalue weighted by molar-refractivity contribution is -0.141. The molecule has 0 bridgehead atoms. The highest BCUT2D eigenvalue weighted by Crippen LogP contribution is 2.40. The van der Waals surface area contributed by atoms with E-state index in [4.69, 9.17) is 0 Å². The van der Waals surface area contributed by atoms with Gasteiger partial charge >= 0.3 is 5.97 Å². The molecule has 2 aliphatic rings. The van der Waals surface area contributed by atoms with Gasteiger partial charge in [0.25, 0.3) is 11.5 Å². The van der Waals surface area contributed by atoms with E-state index in [1.807, 2.05) is 30.3 Å². The van der Waals surface area contributed by atoms with Crippen molar-refractivity contribution in [2.24, 2.45) is 5.92 Å². The van der Waals surface area contributed by atoms with Crippen LogP contribution in [0.1, 0.15) is 48.2 Å². The number of carbonyl (C=O) groups is 2. The van der Waals surface area contributed by atoms with Crippen molar-refractivity contribution in [3.05, 3.63) is 64.1 Å². The molecule has 0 spiro atoms. The minimum atomic E-state index is -0.972. The summed E-state index contributed by atoms with van der Waals surface area (Å²) in [5, 5.41) is 13.9. The Labute approximate surface area is 162 Å². The number of carbonyl (C=O) groups excluding carboxylic acids is 1. The largest absolute Gasteiger partial charge is 0.480 e. The maximum absolute atomic E-state index is 13.2. The molecule has 1 N–H and O–H groups in total. The van der Waals surface area contributed by atoms with Gasteiger partial charge in [0.1, 0.15) is 11.7 Å². The number of amides is 1. The fourth-order valence-corrected chi connectivity index (χ4v) is 4.54. The number of nitrogens with zero attached hydrogens (tertiary/aromatic N) is 3. The summed E-state index contributed by atoms with van der Waals surface area (Å²) >= 11 is 0. The highest BCUT2D eigenvalue weighted by Gasteiger charge is 2.48. The molecule has 7 heteroatoms. The Morgan fingerprint density at radius 1 is 1.07 bits per heavy atom. The summed E-state index contributed by atoms with van der Waals surface area (Å²) in [7, 11) is 0. The zero-order valence-electron chi connectivity index (χ0n) is 15.5. The predicted octanol–water partition coefficient (Wildman–Crippen LogP) is 2.15. The molecule has 1 aromatic carbocycles. The highest BCUT2D eigenvalue weighted by molar-refractivity contribution is 5.95. The lowest BCUT2D eigenvalue weighted by atomic mass is 9.84. The number of likely N-dealkylation sites (tertiary alicyclic amines) is 1. The number of fused-ring (bicyclic) bond motifs is 1. The van der Waals surface area contributed by atoms with Gasteiger partial charge < -0.3 is 10.0 Å². The second kappa shape index (κ2) is 7.58. The van der Waals surface area contributed by atoms with Crippen LogP contribution in [0.15, 0.2) is 47.3 Å². The van der Waals surface area contributed by atoms with Crippen molar-refractivity contribution in [3.63, 3.8) is 0 Å². The monoisotopic (exact) mass is 381 g/mol. The molecule has 0 radical (unpaired) electrons. The molecule has 1 amide bonds. The number of aromatic nitrogens is 2. The van der Waals surface area contributed by atoms with Gasteiger partial charge in [-0.2, -0.15) is 5.10 Å². The molecule has 2 aromatic rings. The molecule has 1 saturated heterocycles. The van der Waals surface area contributed by atoms with Crippen LogP contribution < -0.4 is 5.56 Å². The van der Waals surface area contributed by atoms with Crippen molar-refractivity contribution in [3.8, 4) is 0 Å². The van der Waals surface area contributed by atoms with Gasteiger partial charge in [-0.1, -0.05) is 43.2 Å². The highest BCUT2D eigenvalue weighted by atomic mass is 16.4. The van der Waals surface area contributed by atoms with Crippen LogP contribution in [-0.4, -0.2) is 43.7 Å². The van der Waals surface area contributed by atoms with Crippen LogP contribution in [-0.2, 0) is 11.3 Å². The van der Waals surface area contributed by atoms with Crippen LogP contribution in [0.2, 0.25) is 0 Å². The number of benzene rings is 1. The van der Waals surface area contributed by atoms with Gasteiger partial charge in [-0.05, 0) is 36.8 Å². The van der Waals surface area contributed by atoms with E-state index < -0.39 is 17.9 Å². The summed E-state index contributed by atoms with van der Waals surface area (Å²) in [6.07, 6.45) is 4.35. The number of hydrogen-bond acceptors (Lipinski definition) is 4. The second-order valence-electron chi connectivity index (χ2n) is 7.61. The molecule has 7 nitrogen and oxygen atoms in total. The van der Waals surface area contributed by atoms with Crippen LogP contribution in [0.4, 0.5) is 0 Å². The summed E-state index contributed by atoms with van der Waals surface area (Å²) < 4.78 is 1.26. The molecular weight excluding hydrogens is 358 g/mol. The van der Waals surface area contributed by atoms with Crippen molar-refractivity contribution in [2.75, 3.05) is 0 Å². The van der Waals surface area contributed by atoms with Crippen LogP contribution in [0, 0.1) is 5.92 Å². The summed E-state index contributed by atoms with van der Waals surface area (Å²) in [6, 6.07) is 11.3. The number of hydrogen-bond donors (Lipinski definition) is 1. The average molecular weight is 381 g/mol. The molecule has 0 unspecified atom stereocenters. The number of aliphatic carboxylic acids is 1. The quantitative estimate of drug-likeness (QED) is 0.876. The molecule has 2 fully saturated rings. The second-order valence-corrected chi connectivity index (χ2v) is 7.61. The first-order valence-electron chi connectivity index (χ1n) is 9.72. The third-order valence-corrected chi connectivity index (χ3v) is 5.87. The maximum Gasteiger partial charge on any atom is 0.326 e. The Kier molecular flexibility index (Phi) is 4.98. The van der Waals surface area contributed by atoms with Gasteiger partial charge in [0.15, 0.2) is 0 Å².